The van der Waals surface area contributed by atoms with Crippen molar-refractivity contribution in [2.45, 2.75) is 12.8 Å². The molecular weight excluding hydrogens is 213 g/mol. The monoisotopic (exact) mass is 218 g/mol. The smallest absolute Gasteiger partial charge is 0.503 e. The molecule has 0 spiro atoms. The van der Waals surface area contributed by atoms with Gasteiger partial charge in [0, 0.05) is 12.3 Å². The first-order chi connectivity index (χ1) is 6.94. The maximum absolute atomic E-state index is 11.8. The van der Waals surface area contributed by atoms with Crippen molar-refractivity contribution in [3.05, 3.63) is 18.0 Å². The third-order valence-electron chi connectivity index (χ3n) is 1.44. The zero-order chi connectivity index (χ0) is 11.5. The molecule has 0 unspecified atom stereocenters. The molecule has 0 bridgehead atoms. The van der Waals surface area contributed by atoms with E-state index in [9.17, 15) is 18.3 Å². The summed E-state index contributed by atoms with van der Waals surface area (Å²) < 4.78 is 39.0. The highest BCUT2D eigenvalue weighted by Crippen LogP contribution is 2.32. The van der Waals surface area contributed by atoms with E-state index in [-0.39, 0.29) is 12.1 Å². The molecule has 0 radical (unpaired) electrons. The predicted octanol–water partition coefficient (Wildman–Crippen LogP) is 1.75. The Labute approximate surface area is 82.5 Å². The van der Waals surface area contributed by atoms with Crippen molar-refractivity contribution < 1.29 is 23.0 Å². The molecule has 1 aromatic heterocycles. The van der Waals surface area contributed by atoms with Gasteiger partial charge in [0.2, 0.25) is 0 Å². The van der Waals surface area contributed by atoms with Crippen LogP contribution in [0, 0.1) is 11.3 Å². The molecule has 0 amide bonds. The molecule has 1 aromatic rings. The van der Waals surface area contributed by atoms with Crippen molar-refractivity contribution in [3.63, 3.8) is 0 Å². The molecule has 0 saturated heterocycles. The van der Waals surface area contributed by atoms with Gasteiger partial charge < -0.3 is 9.84 Å². The summed E-state index contributed by atoms with van der Waals surface area (Å²) in [5.41, 5.74) is -0.153. The van der Waals surface area contributed by atoms with Gasteiger partial charge in [-0.25, -0.2) is 0 Å². The van der Waals surface area contributed by atoms with Crippen LogP contribution in [0.3, 0.4) is 0 Å². The highest BCUT2D eigenvalue weighted by molar-refractivity contribution is 5.42. The Balaban J connectivity index is 3.00. The lowest BCUT2D eigenvalue weighted by Gasteiger charge is -2.10. The van der Waals surface area contributed by atoms with Crippen LogP contribution in [-0.4, -0.2) is 16.5 Å². The highest BCUT2D eigenvalue weighted by Gasteiger charge is 2.32. The van der Waals surface area contributed by atoms with Crippen molar-refractivity contribution in [1.82, 2.24) is 4.98 Å². The summed E-state index contributed by atoms with van der Waals surface area (Å²) in [5.74, 6) is -1.53. The van der Waals surface area contributed by atoms with Crippen LogP contribution in [0.25, 0.3) is 0 Å². The second-order valence-electron chi connectivity index (χ2n) is 2.49. The van der Waals surface area contributed by atoms with Crippen LogP contribution < -0.4 is 4.74 Å². The Morgan fingerprint density at radius 3 is 2.73 bits per heavy atom. The van der Waals surface area contributed by atoms with Gasteiger partial charge in [0.1, 0.15) is 0 Å². The number of alkyl halides is 3. The Bertz CT molecular complexity index is 398. The molecule has 0 fully saturated rings. The second kappa shape index (κ2) is 4.04. The van der Waals surface area contributed by atoms with Crippen molar-refractivity contribution >= 4 is 0 Å². The molecule has 0 aliphatic rings. The number of hydrogen-bond donors (Lipinski definition) is 1. The van der Waals surface area contributed by atoms with Crippen molar-refractivity contribution in [2.75, 3.05) is 0 Å². The van der Waals surface area contributed by atoms with Gasteiger partial charge in [0.25, 0.3) is 0 Å². The molecular formula is C8H5F3N2O2. The summed E-state index contributed by atoms with van der Waals surface area (Å²) >= 11 is 0. The van der Waals surface area contributed by atoms with E-state index in [4.69, 9.17) is 5.26 Å². The molecule has 0 aromatic carbocycles. The maximum atomic E-state index is 11.8. The molecule has 80 valence electrons. The minimum atomic E-state index is -4.89. The van der Waals surface area contributed by atoms with Gasteiger partial charge >= 0.3 is 6.36 Å². The SMILES string of the molecule is N#CCc1nccc(OC(F)(F)F)c1O. The fraction of sp³-hybridized carbons (Fsp3) is 0.250. The standard InChI is InChI=1S/C8H5F3N2O2/c9-8(10,11)15-6-2-4-13-5(1-3-12)7(6)14/h2,4,14H,1H2. The second-order valence-corrected chi connectivity index (χ2v) is 2.49. The fourth-order valence-electron chi connectivity index (χ4n) is 0.889. The molecule has 1 rings (SSSR count). The van der Waals surface area contributed by atoms with E-state index >= 15 is 0 Å². The van der Waals surface area contributed by atoms with Crippen molar-refractivity contribution in [1.29, 1.82) is 5.26 Å². The Kier molecular flexibility index (Phi) is 2.99. The number of hydrogen-bond acceptors (Lipinski definition) is 4. The van der Waals surface area contributed by atoms with Crippen LogP contribution in [0.2, 0.25) is 0 Å². The minimum Gasteiger partial charge on any atom is -0.503 e. The molecule has 4 nitrogen and oxygen atoms in total. The zero-order valence-corrected chi connectivity index (χ0v) is 7.25. The quantitative estimate of drug-likeness (QED) is 0.821. The Morgan fingerprint density at radius 2 is 2.20 bits per heavy atom. The van der Waals surface area contributed by atoms with Crippen LogP contribution in [-0.2, 0) is 6.42 Å². The molecule has 1 heterocycles. The summed E-state index contributed by atoms with van der Waals surface area (Å²) in [6.07, 6.45) is -4.16. The maximum Gasteiger partial charge on any atom is 0.573 e. The van der Waals surface area contributed by atoms with Crippen LogP contribution >= 0.6 is 0 Å². The Hall–Kier alpha value is -1.97. The third-order valence-corrected chi connectivity index (χ3v) is 1.44. The van der Waals surface area contributed by atoms with Gasteiger partial charge in [-0.1, -0.05) is 0 Å². The van der Waals surface area contributed by atoms with Crippen LogP contribution in [0.5, 0.6) is 11.5 Å². The van der Waals surface area contributed by atoms with Crippen LogP contribution in [0.15, 0.2) is 12.3 Å². The van der Waals surface area contributed by atoms with Gasteiger partial charge in [0.15, 0.2) is 11.5 Å². The number of halogens is 3. The van der Waals surface area contributed by atoms with Crippen molar-refractivity contribution in [3.8, 4) is 17.6 Å². The number of nitrogens with zero attached hydrogens (tertiary/aromatic N) is 2. The van der Waals surface area contributed by atoms with E-state index in [1.54, 1.807) is 6.07 Å². The molecule has 0 aliphatic carbocycles. The molecule has 0 atom stereocenters. The lowest BCUT2D eigenvalue weighted by molar-refractivity contribution is -0.275. The number of ether oxygens (including phenoxy) is 1. The van der Waals surface area contributed by atoms with Gasteiger partial charge in [0.05, 0.1) is 18.2 Å². The number of aromatic hydroxyl groups is 1. The van der Waals surface area contributed by atoms with Crippen molar-refractivity contribution in [2.24, 2.45) is 0 Å². The van der Waals surface area contributed by atoms with Gasteiger partial charge in [-0.15, -0.1) is 13.2 Å². The van der Waals surface area contributed by atoms with Gasteiger partial charge in [-0.2, -0.15) is 5.26 Å². The summed E-state index contributed by atoms with van der Waals surface area (Å²) in [5, 5.41) is 17.5. The highest BCUT2D eigenvalue weighted by atomic mass is 19.4. The van der Waals surface area contributed by atoms with E-state index in [0.717, 1.165) is 12.3 Å². The molecule has 1 N–H and O–H groups in total. The topological polar surface area (TPSA) is 66.1 Å². The lowest BCUT2D eigenvalue weighted by Crippen LogP contribution is -2.17. The summed E-state index contributed by atoms with van der Waals surface area (Å²) in [4.78, 5) is 3.54. The van der Waals surface area contributed by atoms with Gasteiger partial charge in [-0.3, -0.25) is 4.98 Å². The minimum absolute atomic E-state index is 0.153. The average Bonchev–Trinajstić information content (AvgIpc) is 2.10. The largest absolute Gasteiger partial charge is 0.573 e. The molecule has 7 heteroatoms. The summed E-state index contributed by atoms with van der Waals surface area (Å²) in [6, 6.07) is 2.52. The van der Waals surface area contributed by atoms with E-state index in [1.165, 1.54) is 0 Å². The van der Waals surface area contributed by atoms with E-state index in [0.29, 0.717) is 0 Å². The van der Waals surface area contributed by atoms with Crippen LogP contribution in [0.1, 0.15) is 5.69 Å². The normalized spacial score (nSPS) is 10.8. The zero-order valence-electron chi connectivity index (χ0n) is 7.25. The van der Waals surface area contributed by atoms with Crippen LogP contribution in [0.4, 0.5) is 13.2 Å². The first kappa shape index (κ1) is 11.1. The van der Waals surface area contributed by atoms with E-state index in [1.807, 2.05) is 0 Å². The molecule has 0 saturated carbocycles. The predicted molar refractivity (Wildman–Crippen MR) is 41.9 cm³/mol. The first-order valence-electron chi connectivity index (χ1n) is 3.73. The number of aromatic nitrogens is 1. The summed E-state index contributed by atoms with van der Waals surface area (Å²) in [6.45, 7) is 0. The number of rotatable bonds is 2. The van der Waals surface area contributed by atoms with E-state index in [2.05, 4.69) is 9.72 Å². The average molecular weight is 218 g/mol. The van der Waals surface area contributed by atoms with Gasteiger partial charge in [-0.05, 0) is 0 Å². The number of pyridine rings is 1. The Morgan fingerprint density at radius 1 is 1.53 bits per heavy atom. The van der Waals surface area contributed by atoms with E-state index < -0.39 is 17.9 Å². The summed E-state index contributed by atoms with van der Waals surface area (Å²) in [7, 11) is 0. The lowest BCUT2D eigenvalue weighted by atomic mass is 10.2. The fourth-order valence-corrected chi connectivity index (χ4v) is 0.889. The number of nitriles is 1. The third kappa shape index (κ3) is 3.02. The first-order valence-corrected chi connectivity index (χ1v) is 3.73. The molecule has 0 aliphatic heterocycles. The molecule has 15 heavy (non-hydrogen) atoms.